The lowest BCUT2D eigenvalue weighted by atomic mass is 9.80. The molecule has 0 unspecified atom stereocenters. The standard InChI is InChI=1S/C33H37N2/c1-32(2,3)30(28-19-11-15-24-13-7-9-17-26(24)28)34-21-22-35(23-34)31(33(4,5)6)29-20-12-16-25-14-8-10-18-27(25)29/h7-23,30-31H,1-6H3/q+1/t30-,31+. The lowest BCUT2D eigenvalue weighted by molar-refractivity contribution is -0.725. The highest BCUT2D eigenvalue weighted by Crippen LogP contribution is 2.40. The van der Waals surface area contributed by atoms with Crippen molar-refractivity contribution in [3.63, 3.8) is 0 Å². The predicted molar refractivity (Wildman–Crippen MR) is 148 cm³/mol. The molecule has 0 radical (unpaired) electrons. The minimum atomic E-state index is 0.0393. The molecule has 0 aliphatic heterocycles. The fraction of sp³-hybridized carbons (Fsp3) is 0.303. The first kappa shape index (κ1) is 23.4. The second-order valence-corrected chi connectivity index (χ2v) is 12.0. The van der Waals surface area contributed by atoms with Crippen LogP contribution in [0.3, 0.4) is 0 Å². The summed E-state index contributed by atoms with van der Waals surface area (Å²) in [6, 6.07) is 31.3. The Morgan fingerprint density at radius 1 is 0.600 bits per heavy atom. The SMILES string of the molecule is CC(C)(C)[C@H](c1cccc2ccccc12)n1cc[n+]([C@H](c2cccc3ccccc23)C(C)(C)C)c1. The molecule has 0 spiro atoms. The van der Waals surface area contributed by atoms with Crippen LogP contribution in [0.2, 0.25) is 0 Å². The Morgan fingerprint density at radius 3 is 1.69 bits per heavy atom. The van der Waals surface area contributed by atoms with E-state index in [1.807, 2.05) is 0 Å². The van der Waals surface area contributed by atoms with Crippen molar-refractivity contribution in [3.8, 4) is 0 Å². The molecule has 0 saturated carbocycles. The highest BCUT2D eigenvalue weighted by atomic mass is 15.2. The van der Waals surface area contributed by atoms with E-state index < -0.39 is 0 Å². The van der Waals surface area contributed by atoms with Crippen molar-refractivity contribution in [1.82, 2.24) is 4.57 Å². The number of aromatic nitrogens is 2. The van der Waals surface area contributed by atoms with Crippen molar-refractivity contribution >= 4 is 21.5 Å². The maximum atomic E-state index is 2.42. The lowest BCUT2D eigenvalue weighted by Crippen LogP contribution is -2.46. The molecule has 2 nitrogen and oxygen atoms in total. The van der Waals surface area contributed by atoms with Gasteiger partial charge in [0.25, 0.3) is 0 Å². The first-order chi connectivity index (χ1) is 16.6. The predicted octanol–water partition coefficient (Wildman–Crippen LogP) is 8.35. The van der Waals surface area contributed by atoms with Crippen LogP contribution >= 0.6 is 0 Å². The summed E-state index contributed by atoms with van der Waals surface area (Å²) < 4.78 is 4.84. The molecule has 5 aromatic rings. The number of fused-ring (bicyclic) bond motifs is 2. The molecule has 4 aromatic carbocycles. The van der Waals surface area contributed by atoms with Crippen LogP contribution in [0.4, 0.5) is 0 Å². The van der Waals surface area contributed by atoms with Crippen molar-refractivity contribution in [3.05, 3.63) is 115 Å². The van der Waals surface area contributed by atoms with E-state index in [1.54, 1.807) is 0 Å². The first-order valence-corrected chi connectivity index (χ1v) is 12.7. The van der Waals surface area contributed by atoms with E-state index in [1.165, 1.54) is 32.7 Å². The van der Waals surface area contributed by atoms with E-state index in [4.69, 9.17) is 0 Å². The van der Waals surface area contributed by atoms with E-state index in [-0.39, 0.29) is 22.9 Å². The van der Waals surface area contributed by atoms with Gasteiger partial charge in [-0.15, -0.1) is 0 Å². The minimum absolute atomic E-state index is 0.0393. The van der Waals surface area contributed by atoms with Crippen LogP contribution in [-0.4, -0.2) is 4.57 Å². The van der Waals surface area contributed by atoms with Crippen molar-refractivity contribution in [2.45, 2.75) is 53.6 Å². The summed E-state index contributed by atoms with van der Waals surface area (Å²) in [5.41, 5.74) is 2.82. The number of benzene rings is 4. The summed E-state index contributed by atoms with van der Waals surface area (Å²) in [5, 5.41) is 5.25. The Hall–Kier alpha value is -3.39. The molecule has 0 aliphatic rings. The third-order valence-electron chi connectivity index (χ3n) is 7.15. The van der Waals surface area contributed by atoms with Gasteiger partial charge in [-0.3, -0.25) is 0 Å². The molecule has 2 atom stereocenters. The van der Waals surface area contributed by atoms with E-state index in [2.05, 4.69) is 154 Å². The number of hydrogen-bond donors (Lipinski definition) is 0. The summed E-state index contributed by atoms with van der Waals surface area (Å²) in [4.78, 5) is 0. The van der Waals surface area contributed by atoms with Gasteiger partial charge in [0.15, 0.2) is 0 Å². The van der Waals surface area contributed by atoms with Gasteiger partial charge in [-0.2, -0.15) is 0 Å². The summed E-state index contributed by atoms with van der Waals surface area (Å²) in [6.45, 7) is 14.1. The quantitative estimate of drug-likeness (QED) is 0.238. The van der Waals surface area contributed by atoms with Crippen molar-refractivity contribution < 1.29 is 4.57 Å². The topological polar surface area (TPSA) is 8.81 Å². The average molecular weight is 462 g/mol. The zero-order valence-electron chi connectivity index (χ0n) is 21.9. The highest BCUT2D eigenvalue weighted by molar-refractivity contribution is 5.87. The second kappa shape index (κ2) is 8.68. The molecule has 0 bridgehead atoms. The van der Waals surface area contributed by atoms with Gasteiger partial charge < -0.3 is 0 Å². The van der Waals surface area contributed by atoms with Gasteiger partial charge in [0.05, 0.1) is 0 Å². The van der Waals surface area contributed by atoms with Gasteiger partial charge in [0.1, 0.15) is 24.5 Å². The van der Waals surface area contributed by atoms with E-state index in [0.717, 1.165) is 0 Å². The molecule has 0 amide bonds. The van der Waals surface area contributed by atoms with Crippen LogP contribution in [0, 0.1) is 10.8 Å². The Bertz CT molecular complexity index is 1350. The Balaban J connectivity index is 1.67. The van der Waals surface area contributed by atoms with E-state index in [9.17, 15) is 0 Å². The molecule has 0 N–H and O–H groups in total. The van der Waals surface area contributed by atoms with Crippen molar-refractivity contribution in [2.24, 2.45) is 10.8 Å². The van der Waals surface area contributed by atoms with Crippen LogP contribution < -0.4 is 4.57 Å². The minimum Gasteiger partial charge on any atom is -0.229 e. The van der Waals surface area contributed by atoms with Crippen LogP contribution in [-0.2, 0) is 0 Å². The number of hydrogen-bond acceptors (Lipinski definition) is 0. The zero-order valence-corrected chi connectivity index (χ0v) is 21.9. The second-order valence-electron chi connectivity index (χ2n) is 12.0. The van der Waals surface area contributed by atoms with Gasteiger partial charge in [-0.1, -0.05) is 126 Å². The maximum Gasteiger partial charge on any atom is 0.244 e. The Kier molecular flexibility index (Phi) is 5.79. The largest absolute Gasteiger partial charge is 0.244 e. The van der Waals surface area contributed by atoms with Crippen molar-refractivity contribution in [2.75, 3.05) is 0 Å². The van der Waals surface area contributed by atoms with Gasteiger partial charge in [0.2, 0.25) is 6.33 Å². The molecule has 2 heteroatoms. The molecule has 0 fully saturated rings. The summed E-state index contributed by atoms with van der Waals surface area (Å²) in [6.07, 6.45) is 6.86. The zero-order chi connectivity index (χ0) is 24.8. The lowest BCUT2D eigenvalue weighted by Gasteiger charge is -2.30. The third kappa shape index (κ3) is 4.38. The van der Waals surface area contributed by atoms with Crippen LogP contribution in [0.1, 0.15) is 64.8 Å². The van der Waals surface area contributed by atoms with Gasteiger partial charge in [-0.05, 0) is 21.5 Å². The molecule has 0 saturated heterocycles. The summed E-state index contributed by atoms with van der Waals surface area (Å²) >= 11 is 0. The monoisotopic (exact) mass is 461 g/mol. The maximum absolute atomic E-state index is 2.42. The van der Waals surface area contributed by atoms with Crippen LogP contribution in [0.15, 0.2) is 104 Å². The first-order valence-electron chi connectivity index (χ1n) is 12.7. The fourth-order valence-corrected chi connectivity index (χ4v) is 5.82. The Morgan fingerprint density at radius 2 is 1.11 bits per heavy atom. The molecule has 1 heterocycles. The molecule has 178 valence electrons. The number of nitrogens with zero attached hydrogens (tertiary/aromatic N) is 2. The molecule has 35 heavy (non-hydrogen) atoms. The highest BCUT2D eigenvalue weighted by Gasteiger charge is 2.37. The van der Waals surface area contributed by atoms with Gasteiger partial charge >= 0.3 is 0 Å². The Labute approximate surface area is 209 Å². The van der Waals surface area contributed by atoms with Crippen LogP contribution in [0.5, 0.6) is 0 Å². The molecule has 1 aromatic heterocycles. The van der Waals surface area contributed by atoms with Gasteiger partial charge in [-0.25, -0.2) is 9.13 Å². The van der Waals surface area contributed by atoms with Crippen LogP contribution in [0.25, 0.3) is 21.5 Å². The number of imidazole rings is 1. The van der Waals surface area contributed by atoms with Gasteiger partial charge in [0, 0.05) is 22.0 Å². The molecular weight excluding hydrogens is 424 g/mol. The van der Waals surface area contributed by atoms with E-state index >= 15 is 0 Å². The fourth-order valence-electron chi connectivity index (χ4n) is 5.82. The van der Waals surface area contributed by atoms with E-state index in [0.29, 0.717) is 0 Å². The summed E-state index contributed by atoms with van der Waals surface area (Å²) in [7, 11) is 0. The average Bonchev–Trinajstić information content (AvgIpc) is 3.26. The molecular formula is C33H37N2+. The van der Waals surface area contributed by atoms with Crippen molar-refractivity contribution in [1.29, 1.82) is 0 Å². The summed E-state index contributed by atoms with van der Waals surface area (Å²) in [5.74, 6) is 0. The normalized spacial score (nSPS) is 14.3. The smallest absolute Gasteiger partial charge is 0.229 e. The molecule has 5 rings (SSSR count). The number of rotatable bonds is 4. The molecule has 0 aliphatic carbocycles. The third-order valence-corrected chi connectivity index (χ3v) is 7.15.